The molecule has 0 aliphatic carbocycles. The van der Waals surface area contributed by atoms with Gasteiger partial charge in [-0.1, -0.05) is 0 Å². The minimum absolute atomic E-state index is 0.166. The first-order chi connectivity index (χ1) is 12.2. The van der Waals surface area contributed by atoms with Crippen molar-refractivity contribution in [3.63, 3.8) is 0 Å². The number of carbonyl (C=O) groups is 1. The van der Waals surface area contributed by atoms with Crippen LogP contribution in [0.1, 0.15) is 19.8 Å². The molecule has 3 rings (SSSR count). The highest BCUT2D eigenvalue weighted by molar-refractivity contribution is 7.14. The molecule has 134 valence electrons. The van der Waals surface area contributed by atoms with E-state index in [0.717, 1.165) is 29.8 Å². The van der Waals surface area contributed by atoms with Crippen LogP contribution >= 0.6 is 11.3 Å². The molecule has 2 heterocycles. The van der Waals surface area contributed by atoms with E-state index < -0.39 is 6.04 Å². The third-order valence-electron chi connectivity index (χ3n) is 4.27. The fourth-order valence-corrected chi connectivity index (χ4v) is 3.55. The molecule has 1 aromatic carbocycles. The van der Waals surface area contributed by atoms with Gasteiger partial charge in [-0.05, 0) is 49.9 Å². The van der Waals surface area contributed by atoms with Gasteiger partial charge in [-0.2, -0.15) is 0 Å². The lowest BCUT2D eigenvalue weighted by atomic mass is 9.92. The van der Waals surface area contributed by atoms with Crippen LogP contribution in [-0.4, -0.2) is 36.8 Å². The Hall–Kier alpha value is -1.96. The van der Waals surface area contributed by atoms with Gasteiger partial charge in [0, 0.05) is 24.2 Å². The van der Waals surface area contributed by atoms with E-state index in [1.165, 1.54) is 11.3 Å². The molecule has 2 aromatic rings. The smallest absolute Gasteiger partial charge is 0.243 e. The number of hydrogen-bond donors (Lipinski definition) is 2. The Bertz CT molecular complexity index is 696. The highest BCUT2D eigenvalue weighted by atomic mass is 32.1. The molecule has 0 radical (unpaired) electrons. The second-order valence-electron chi connectivity index (χ2n) is 5.96. The monoisotopic (exact) mass is 361 g/mol. The third-order valence-corrected chi connectivity index (χ3v) is 5.03. The Labute approximate surface area is 151 Å². The normalized spacial score (nSPS) is 16.4. The van der Waals surface area contributed by atoms with Crippen LogP contribution in [0.2, 0.25) is 0 Å². The van der Waals surface area contributed by atoms with Crippen molar-refractivity contribution in [2.75, 3.05) is 25.1 Å². The number of nitrogens with one attached hydrogen (secondary N) is 1. The van der Waals surface area contributed by atoms with Crippen LogP contribution in [0.3, 0.4) is 0 Å². The molecule has 1 fully saturated rings. The molecule has 3 N–H and O–H groups in total. The van der Waals surface area contributed by atoms with Crippen LogP contribution in [0.5, 0.6) is 5.75 Å². The maximum absolute atomic E-state index is 12.3. The van der Waals surface area contributed by atoms with Gasteiger partial charge in [0.1, 0.15) is 5.75 Å². The number of anilines is 1. The van der Waals surface area contributed by atoms with Crippen molar-refractivity contribution in [1.82, 2.24) is 4.98 Å². The number of hydrogen-bond acceptors (Lipinski definition) is 6. The Morgan fingerprint density at radius 1 is 1.40 bits per heavy atom. The Balaban J connectivity index is 1.61. The summed E-state index contributed by atoms with van der Waals surface area (Å²) in [7, 11) is 0. The van der Waals surface area contributed by atoms with Gasteiger partial charge in [0.25, 0.3) is 0 Å². The van der Waals surface area contributed by atoms with E-state index in [0.29, 0.717) is 25.0 Å². The summed E-state index contributed by atoms with van der Waals surface area (Å²) in [5, 5.41) is 5.33. The van der Waals surface area contributed by atoms with E-state index in [1.54, 1.807) is 0 Å². The largest absolute Gasteiger partial charge is 0.494 e. The number of ether oxygens (including phenoxy) is 2. The molecule has 1 atom stereocenters. The van der Waals surface area contributed by atoms with E-state index in [1.807, 2.05) is 36.6 Å². The molecular weight excluding hydrogens is 338 g/mol. The summed E-state index contributed by atoms with van der Waals surface area (Å²) in [5.74, 6) is 0.816. The number of thiazole rings is 1. The van der Waals surface area contributed by atoms with Crippen LogP contribution in [-0.2, 0) is 9.53 Å². The van der Waals surface area contributed by atoms with Crippen LogP contribution in [0.15, 0.2) is 29.6 Å². The quantitative estimate of drug-likeness (QED) is 0.826. The lowest BCUT2D eigenvalue weighted by Gasteiger charge is -2.26. The minimum Gasteiger partial charge on any atom is -0.494 e. The topological polar surface area (TPSA) is 86.5 Å². The van der Waals surface area contributed by atoms with Gasteiger partial charge in [0.2, 0.25) is 5.91 Å². The molecular formula is C18H23N3O3S. The molecule has 6 nitrogen and oxygen atoms in total. The van der Waals surface area contributed by atoms with E-state index >= 15 is 0 Å². The molecule has 1 amide bonds. The average Bonchev–Trinajstić information content (AvgIpc) is 3.11. The minimum atomic E-state index is -0.526. The second-order valence-corrected chi connectivity index (χ2v) is 6.82. The maximum atomic E-state index is 12.3. The average molecular weight is 361 g/mol. The fourth-order valence-electron chi connectivity index (χ4n) is 2.83. The number of nitrogens with zero attached hydrogens (tertiary/aromatic N) is 1. The fraction of sp³-hybridized carbons (Fsp3) is 0.444. The number of amides is 1. The Kier molecular flexibility index (Phi) is 6.01. The zero-order valence-corrected chi connectivity index (χ0v) is 15.1. The van der Waals surface area contributed by atoms with Crippen molar-refractivity contribution in [1.29, 1.82) is 0 Å². The van der Waals surface area contributed by atoms with E-state index in [-0.39, 0.29) is 11.8 Å². The molecule has 7 heteroatoms. The van der Waals surface area contributed by atoms with Gasteiger partial charge >= 0.3 is 0 Å². The lowest BCUT2D eigenvalue weighted by Crippen LogP contribution is -2.43. The first kappa shape index (κ1) is 17.8. The highest BCUT2D eigenvalue weighted by Gasteiger charge is 2.27. The second kappa shape index (κ2) is 8.42. The molecule has 25 heavy (non-hydrogen) atoms. The molecule has 1 aliphatic heterocycles. The zero-order valence-electron chi connectivity index (χ0n) is 14.2. The number of rotatable bonds is 6. The predicted molar refractivity (Wildman–Crippen MR) is 98.9 cm³/mol. The molecule has 0 bridgehead atoms. The van der Waals surface area contributed by atoms with E-state index in [2.05, 4.69) is 10.3 Å². The summed E-state index contributed by atoms with van der Waals surface area (Å²) >= 11 is 1.40. The first-order valence-corrected chi connectivity index (χ1v) is 9.38. The van der Waals surface area contributed by atoms with Gasteiger partial charge in [-0.3, -0.25) is 4.79 Å². The SMILES string of the molecule is CCOc1ccc(-c2csc(NC(=O)C(N)C3CCOCC3)n2)cc1. The van der Waals surface area contributed by atoms with Crippen molar-refractivity contribution in [3.8, 4) is 17.0 Å². The Morgan fingerprint density at radius 3 is 2.80 bits per heavy atom. The summed E-state index contributed by atoms with van der Waals surface area (Å²) in [6, 6.07) is 7.22. The summed E-state index contributed by atoms with van der Waals surface area (Å²) in [6.45, 7) is 3.93. The number of benzene rings is 1. The maximum Gasteiger partial charge on any atom is 0.243 e. The van der Waals surface area contributed by atoms with Gasteiger partial charge in [-0.15, -0.1) is 11.3 Å². The summed E-state index contributed by atoms with van der Waals surface area (Å²) in [5.41, 5.74) is 7.90. The number of aromatic nitrogens is 1. The highest BCUT2D eigenvalue weighted by Crippen LogP contribution is 2.27. The molecule has 1 unspecified atom stereocenters. The van der Waals surface area contributed by atoms with Crippen molar-refractivity contribution in [2.24, 2.45) is 11.7 Å². The number of carbonyl (C=O) groups excluding carboxylic acids is 1. The van der Waals surface area contributed by atoms with Gasteiger partial charge in [0.05, 0.1) is 18.3 Å². The molecule has 0 spiro atoms. The first-order valence-electron chi connectivity index (χ1n) is 8.50. The van der Waals surface area contributed by atoms with Crippen LogP contribution in [0.25, 0.3) is 11.3 Å². The zero-order chi connectivity index (χ0) is 17.6. The summed E-state index contributed by atoms with van der Waals surface area (Å²) in [6.07, 6.45) is 1.65. The molecule has 1 aliphatic rings. The number of nitrogens with two attached hydrogens (primary N) is 1. The van der Waals surface area contributed by atoms with Crippen LogP contribution < -0.4 is 15.8 Å². The predicted octanol–water partition coefficient (Wildman–Crippen LogP) is 2.90. The van der Waals surface area contributed by atoms with Crippen molar-refractivity contribution in [3.05, 3.63) is 29.6 Å². The molecule has 1 saturated heterocycles. The Morgan fingerprint density at radius 2 is 2.12 bits per heavy atom. The van der Waals surface area contributed by atoms with Crippen LogP contribution in [0.4, 0.5) is 5.13 Å². The van der Waals surface area contributed by atoms with Gasteiger partial charge in [-0.25, -0.2) is 4.98 Å². The summed E-state index contributed by atoms with van der Waals surface area (Å²) < 4.78 is 10.8. The van der Waals surface area contributed by atoms with Gasteiger partial charge in [0.15, 0.2) is 5.13 Å². The summed E-state index contributed by atoms with van der Waals surface area (Å²) in [4.78, 5) is 16.8. The van der Waals surface area contributed by atoms with Gasteiger partial charge < -0.3 is 20.5 Å². The van der Waals surface area contributed by atoms with E-state index in [9.17, 15) is 4.79 Å². The van der Waals surface area contributed by atoms with Crippen LogP contribution in [0, 0.1) is 5.92 Å². The standard InChI is InChI=1S/C18H23N3O3S/c1-2-24-14-5-3-12(4-6-14)15-11-25-18(20-15)21-17(22)16(19)13-7-9-23-10-8-13/h3-6,11,13,16H,2,7-10,19H2,1H3,(H,20,21,22). The molecule has 0 saturated carbocycles. The lowest BCUT2D eigenvalue weighted by molar-refractivity contribution is -0.119. The van der Waals surface area contributed by atoms with Crippen molar-refractivity contribution >= 4 is 22.4 Å². The van der Waals surface area contributed by atoms with E-state index in [4.69, 9.17) is 15.2 Å². The van der Waals surface area contributed by atoms with Crippen molar-refractivity contribution in [2.45, 2.75) is 25.8 Å². The third kappa shape index (κ3) is 4.56. The van der Waals surface area contributed by atoms with Crippen molar-refractivity contribution < 1.29 is 14.3 Å². The molecule has 1 aromatic heterocycles.